The summed E-state index contributed by atoms with van der Waals surface area (Å²) in [6.45, 7) is -0.178. The molecule has 0 radical (unpaired) electrons. The van der Waals surface area contributed by atoms with E-state index >= 15 is 0 Å². The summed E-state index contributed by atoms with van der Waals surface area (Å²) in [5.74, 6) is -0.0985. The van der Waals surface area contributed by atoms with Crippen LogP contribution < -0.4 is 11.1 Å². The topological polar surface area (TPSA) is 148 Å². The maximum atomic E-state index is 12.2. The van der Waals surface area contributed by atoms with Gasteiger partial charge in [-0.05, 0) is 28.3 Å². The molecule has 5 N–H and O–H groups in total. The number of aliphatic hydroxyl groups is 2. The van der Waals surface area contributed by atoms with Crippen molar-refractivity contribution in [1.29, 1.82) is 0 Å². The lowest BCUT2D eigenvalue weighted by Gasteiger charge is -2.20. The smallest absolute Gasteiger partial charge is 0.407 e. The molecular formula is C24H23N3O6. The molecule has 2 atom stereocenters. The number of nitrogen functional groups attached to an aromatic ring is 1. The lowest BCUT2D eigenvalue weighted by molar-refractivity contribution is -0.384. The zero-order chi connectivity index (χ0) is 23.5. The van der Waals surface area contributed by atoms with E-state index in [4.69, 9.17) is 10.5 Å². The molecule has 0 bridgehead atoms. The van der Waals surface area contributed by atoms with E-state index in [0.717, 1.165) is 28.3 Å². The minimum absolute atomic E-state index is 0.0307. The second kappa shape index (κ2) is 9.27. The molecule has 0 aromatic heterocycles. The van der Waals surface area contributed by atoms with Crippen LogP contribution in [0.4, 0.5) is 16.2 Å². The maximum Gasteiger partial charge on any atom is 0.407 e. The lowest BCUT2D eigenvalue weighted by atomic mass is 9.98. The van der Waals surface area contributed by atoms with Crippen molar-refractivity contribution in [2.45, 2.75) is 18.1 Å². The number of ether oxygens (including phenoxy) is 1. The number of amides is 1. The van der Waals surface area contributed by atoms with Crippen LogP contribution in [0.25, 0.3) is 11.1 Å². The number of alkyl carbamates (subject to hydrolysis) is 1. The third-order valence-corrected chi connectivity index (χ3v) is 5.76. The van der Waals surface area contributed by atoms with Crippen LogP contribution in [0, 0.1) is 10.1 Å². The van der Waals surface area contributed by atoms with Gasteiger partial charge in [0.2, 0.25) is 0 Å². The van der Waals surface area contributed by atoms with Gasteiger partial charge in [-0.25, -0.2) is 4.79 Å². The first-order valence-electron chi connectivity index (χ1n) is 10.4. The molecule has 0 saturated carbocycles. The van der Waals surface area contributed by atoms with Crippen molar-refractivity contribution in [3.63, 3.8) is 0 Å². The number of benzene rings is 3. The van der Waals surface area contributed by atoms with Gasteiger partial charge in [0.15, 0.2) is 0 Å². The predicted molar refractivity (Wildman–Crippen MR) is 122 cm³/mol. The number of rotatable bonds is 7. The van der Waals surface area contributed by atoms with Gasteiger partial charge in [-0.2, -0.15) is 0 Å². The summed E-state index contributed by atoms with van der Waals surface area (Å²) < 4.78 is 5.40. The van der Waals surface area contributed by atoms with Gasteiger partial charge in [-0.3, -0.25) is 10.1 Å². The summed E-state index contributed by atoms with van der Waals surface area (Å²) in [5.41, 5.74) is 10.0. The molecule has 2 unspecified atom stereocenters. The Bertz CT molecular complexity index is 1150. The van der Waals surface area contributed by atoms with E-state index < -0.39 is 23.2 Å². The Hall–Kier alpha value is -3.95. The predicted octanol–water partition coefficient (Wildman–Crippen LogP) is 3.11. The minimum atomic E-state index is -1.44. The second-order valence-corrected chi connectivity index (χ2v) is 7.79. The summed E-state index contributed by atoms with van der Waals surface area (Å²) in [4.78, 5) is 22.5. The molecule has 1 aliphatic carbocycles. The molecule has 3 aromatic rings. The second-order valence-electron chi connectivity index (χ2n) is 7.79. The fraction of sp³-hybridized carbons (Fsp3) is 0.208. The Morgan fingerprint density at radius 1 is 1.06 bits per heavy atom. The first-order valence-corrected chi connectivity index (χ1v) is 10.4. The van der Waals surface area contributed by atoms with Crippen molar-refractivity contribution in [3.05, 3.63) is 93.5 Å². The average Bonchev–Trinajstić information content (AvgIpc) is 3.14. The van der Waals surface area contributed by atoms with E-state index in [0.29, 0.717) is 0 Å². The van der Waals surface area contributed by atoms with Gasteiger partial charge in [-0.1, -0.05) is 48.5 Å². The molecule has 1 amide bonds. The third-order valence-electron chi connectivity index (χ3n) is 5.76. The van der Waals surface area contributed by atoms with Gasteiger partial charge < -0.3 is 26.0 Å². The van der Waals surface area contributed by atoms with Crippen LogP contribution in [0.2, 0.25) is 0 Å². The van der Waals surface area contributed by atoms with E-state index in [-0.39, 0.29) is 36.0 Å². The SMILES string of the molecule is Nc1cc([N+](=O)[O-])ccc1C(O)C(O)CNC(=O)OCC1c2ccccc2-c2ccccc21. The van der Waals surface area contributed by atoms with E-state index in [2.05, 4.69) is 5.32 Å². The number of aliphatic hydroxyl groups excluding tert-OH is 2. The number of fused-ring (bicyclic) bond motifs is 3. The average molecular weight is 449 g/mol. The number of nitro benzene ring substituents is 1. The number of hydrogen-bond acceptors (Lipinski definition) is 7. The Kier molecular flexibility index (Phi) is 6.25. The Morgan fingerprint density at radius 3 is 2.24 bits per heavy atom. The number of nitro groups is 1. The minimum Gasteiger partial charge on any atom is -0.449 e. The summed E-state index contributed by atoms with van der Waals surface area (Å²) in [5, 5.41) is 33.8. The molecule has 0 aliphatic heterocycles. The number of non-ortho nitro benzene ring substituents is 1. The van der Waals surface area contributed by atoms with Gasteiger partial charge in [0, 0.05) is 35.8 Å². The molecule has 1 aliphatic rings. The number of carbonyl (C=O) groups is 1. The van der Waals surface area contributed by atoms with Crippen LogP contribution >= 0.6 is 0 Å². The Balaban J connectivity index is 1.34. The number of nitrogens with zero attached hydrogens (tertiary/aromatic N) is 1. The molecule has 0 saturated heterocycles. The number of nitrogens with one attached hydrogen (secondary N) is 1. The summed E-state index contributed by atoms with van der Waals surface area (Å²) in [6, 6.07) is 19.5. The molecule has 0 spiro atoms. The molecule has 0 fully saturated rings. The molecule has 4 rings (SSSR count). The van der Waals surface area contributed by atoms with Gasteiger partial charge >= 0.3 is 6.09 Å². The van der Waals surface area contributed by atoms with Crippen molar-refractivity contribution >= 4 is 17.5 Å². The van der Waals surface area contributed by atoms with Gasteiger partial charge in [-0.15, -0.1) is 0 Å². The van der Waals surface area contributed by atoms with Crippen LogP contribution in [0.15, 0.2) is 66.7 Å². The summed E-state index contributed by atoms with van der Waals surface area (Å²) in [7, 11) is 0. The van der Waals surface area contributed by atoms with Crippen molar-refractivity contribution in [2.75, 3.05) is 18.9 Å². The van der Waals surface area contributed by atoms with Gasteiger partial charge in [0.25, 0.3) is 5.69 Å². The van der Waals surface area contributed by atoms with Gasteiger partial charge in [0.1, 0.15) is 18.8 Å². The Labute approximate surface area is 189 Å². The zero-order valence-electron chi connectivity index (χ0n) is 17.5. The standard InChI is InChI=1S/C24H23N3O6/c25-21-11-14(27(31)32)9-10-19(21)23(29)22(28)12-26-24(30)33-13-20-17-7-3-1-5-15(17)16-6-2-4-8-18(16)20/h1-11,20,22-23,28-29H,12-13,25H2,(H,26,30). The van der Waals surface area contributed by atoms with E-state index in [1.807, 2.05) is 48.5 Å². The molecule has 170 valence electrons. The first-order chi connectivity index (χ1) is 15.9. The fourth-order valence-corrected chi connectivity index (χ4v) is 4.10. The quantitative estimate of drug-likeness (QED) is 0.246. The van der Waals surface area contributed by atoms with Crippen molar-refractivity contribution in [1.82, 2.24) is 5.32 Å². The monoisotopic (exact) mass is 449 g/mol. The van der Waals surface area contributed by atoms with Crippen LogP contribution in [0.1, 0.15) is 28.7 Å². The first kappa shape index (κ1) is 22.3. The van der Waals surface area contributed by atoms with Crippen LogP contribution in [0.3, 0.4) is 0 Å². The van der Waals surface area contributed by atoms with Crippen molar-refractivity contribution in [2.24, 2.45) is 0 Å². The van der Waals surface area contributed by atoms with Crippen molar-refractivity contribution < 1.29 is 24.7 Å². The van der Waals surface area contributed by atoms with Gasteiger partial charge in [0.05, 0.1) is 4.92 Å². The number of nitrogens with two attached hydrogens (primary N) is 1. The third kappa shape index (κ3) is 4.50. The maximum absolute atomic E-state index is 12.2. The number of hydrogen-bond donors (Lipinski definition) is 4. The van der Waals surface area contributed by atoms with Crippen LogP contribution in [0.5, 0.6) is 0 Å². The fourth-order valence-electron chi connectivity index (χ4n) is 4.10. The normalized spacial score (nSPS) is 14.1. The van der Waals surface area contributed by atoms with Crippen molar-refractivity contribution in [3.8, 4) is 11.1 Å². The molecule has 9 heteroatoms. The largest absolute Gasteiger partial charge is 0.449 e. The highest BCUT2D eigenvalue weighted by Gasteiger charge is 2.29. The summed E-state index contributed by atoms with van der Waals surface area (Å²) >= 11 is 0. The number of carbonyl (C=O) groups excluding carboxylic acids is 1. The Morgan fingerprint density at radius 2 is 1.67 bits per heavy atom. The highest BCUT2D eigenvalue weighted by molar-refractivity contribution is 5.79. The van der Waals surface area contributed by atoms with Crippen LogP contribution in [-0.2, 0) is 4.74 Å². The van der Waals surface area contributed by atoms with E-state index in [9.17, 15) is 25.1 Å². The molecule has 9 nitrogen and oxygen atoms in total. The van der Waals surface area contributed by atoms with E-state index in [1.54, 1.807) is 0 Å². The number of anilines is 1. The highest BCUT2D eigenvalue weighted by atomic mass is 16.6. The summed E-state index contributed by atoms with van der Waals surface area (Å²) in [6.07, 6.45) is -3.58. The molecule has 33 heavy (non-hydrogen) atoms. The van der Waals surface area contributed by atoms with E-state index in [1.165, 1.54) is 12.1 Å². The zero-order valence-corrected chi connectivity index (χ0v) is 17.5. The molecule has 0 heterocycles. The van der Waals surface area contributed by atoms with Crippen LogP contribution in [-0.4, -0.2) is 40.5 Å². The highest BCUT2D eigenvalue weighted by Crippen LogP contribution is 2.44. The molecule has 3 aromatic carbocycles. The molecular weight excluding hydrogens is 426 g/mol. The lowest BCUT2D eigenvalue weighted by Crippen LogP contribution is -2.36.